The second kappa shape index (κ2) is 8.70. The standard InChI is InChI=1S/C20H16Cl2N4O4S/c21-13-3-1-4-14(16(13)22)26-18(28)12(17(27)23-20(26)31)11-24-6-8-25(9-7-24)19(29)15-5-2-10-30-15/h1-5,10-11H,6-9H2,(H,23,27,31)/b12-11+. The van der Waals surface area contributed by atoms with Crippen molar-refractivity contribution in [2.75, 3.05) is 31.1 Å². The molecule has 0 spiro atoms. The van der Waals surface area contributed by atoms with Crippen LogP contribution in [-0.4, -0.2) is 58.8 Å². The topological polar surface area (TPSA) is 86.1 Å². The van der Waals surface area contributed by atoms with Gasteiger partial charge in [-0.05, 0) is 36.5 Å². The van der Waals surface area contributed by atoms with Crippen molar-refractivity contribution in [3.05, 3.63) is 64.2 Å². The van der Waals surface area contributed by atoms with Crippen LogP contribution in [0.5, 0.6) is 0 Å². The molecule has 4 rings (SSSR count). The van der Waals surface area contributed by atoms with Crippen molar-refractivity contribution in [1.29, 1.82) is 0 Å². The summed E-state index contributed by atoms with van der Waals surface area (Å²) in [6, 6.07) is 8.08. The fourth-order valence-corrected chi connectivity index (χ4v) is 3.97. The summed E-state index contributed by atoms with van der Waals surface area (Å²) >= 11 is 17.5. The molecule has 3 amide bonds. The van der Waals surface area contributed by atoms with Crippen molar-refractivity contribution in [2.24, 2.45) is 0 Å². The molecular formula is C20H16Cl2N4O4S. The Morgan fingerprint density at radius 3 is 2.52 bits per heavy atom. The molecule has 3 heterocycles. The number of hydrogen-bond acceptors (Lipinski definition) is 6. The van der Waals surface area contributed by atoms with E-state index in [0.717, 1.165) is 4.90 Å². The zero-order chi connectivity index (χ0) is 22.1. The number of hydrogen-bond donors (Lipinski definition) is 1. The highest BCUT2D eigenvalue weighted by atomic mass is 35.5. The number of carbonyl (C=O) groups is 3. The van der Waals surface area contributed by atoms with Gasteiger partial charge in [0.15, 0.2) is 10.9 Å². The zero-order valence-corrected chi connectivity index (χ0v) is 18.3. The molecule has 0 bridgehead atoms. The third-order valence-electron chi connectivity index (χ3n) is 4.92. The number of thiocarbonyl (C=S) groups is 1. The van der Waals surface area contributed by atoms with E-state index in [1.54, 1.807) is 35.2 Å². The molecule has 2 aliphatic heterocycles. The molecule has 1 N–H and O–H groups in total. The lowest BCUT2D eigenvalue weighted by Crippen LogP contribution is -2.55. The number of nitrogens with one attached hydrogen (secondary N) is 1. The van der Waals surface area contributed by atoms with Crippen LogP contribution >= 0.6 is 35.4 Å². The number of amides is 3. The first-order valence-electron chi connectivity index (χ1n) is 9.29. The van der Waals surface area contributed by atoms with Gasteiger partial charge in [-0.1, -0.05) is 29.3 Å². The summed E-state index contributed by atoms with van der Waals surface area (Å²) in [5.74, 6) is -1.13. The minimum Gasteiger partial charge on any atom is -0.459 e. The number of benzene rings is 1. The highest BCUT2D eigenvalue weighted by Crippen LogP contribution is 2.34. The normalized spacial score (nSPS) is 18.6. The largest absolute Gasteiger partial charge is 0.459 e. The summed E-state index contributed by atoms with van der Waals surface area (Å²) in [6.45, 7) is 1.72. The third kappa shape index (κ3) is 4.16. The average Bonchev–Trinajstić information content (AvgIpc) is 3.29. The van der Waals surface area contributed by atoms with Gasteiger partial charge in [0.2, 0.25) is 0 Å². The molecule has 160 valence electrons. The fourth-order valence-electron chi connectivity index (χ4n) is 3.32. The summed E-state index contributed by atoms with van der Waals surface area (Å²) in [7, 11) is 0. The Morgan fingerprint density at radius 2 is 1.84 bits per heavy atom. The van der Waals surface area contributed by atoms with E-state index in [9.17, 15) is 14.4 Å². The molecular weight excluding hydrogens is 463 g/mol. The zero-order valence-electron chi connectivity index (χ0n) is 16.0. The number of carbonyl (C=O) groups excluding carboxylic acids is 3. The van der Waals surface area contributed by atoms with Crippen LogP contribution in [0.4, 0.5) is 5.69 Å². The van der Waals surface area contributed by atoms with E-state index in [1.165, 1.54) is 12.5 Å². The van der Waals surface area contributed by atoms with Gasteiger partial charge in [0.1, 0.15) is 5.57 Å². The van der Waals surface area contributed by atoms with E-state index in [1.807, 2.05) is 4.90 Å². The van der Waals surface area contributed by atoms with Crippen LogP contribution in [0, 0.1) is 0 Å². The number of anilines is 1. The first-order valence-corrected chi connectivity index (χ1v) is 10.5. The number of nitrogens with zero attached hydrogens (tertiary/aromatic N) is 3. The smallest absolute Gasteiger partial charge is 0.289 e. The summed E-state index contributed by atoms with van der Waals surface area (Å²) in [6.07, 6.45) is 2.93. The van der Waals surface area contributed by atoms with Gasteiger partial charge in [0.05, 0.1) is 22.0 Å². The second-order valence-electron chi connectivity index (χ2n) is 6.82. The fraction of sp³-hybridized carbons (Fsp3) is 0.200. The summed E-state index contributed by atoms with van der Waals surface area (Å²) in [5, 5.41) is 2.85. The van der Waals surface area contributed by atoms with Crippen LogP contribution in [0.25, 0.3) is 0 Å². The van der Waals surface area contributed by atoms with Gasteiger partial charge in [-0.2, -0.15) is 0 Å². The molecule has 2 aromatic rings. The highest BCUT2D eigenvalue weighted by molar-refractivity contribution is 7.80. The molecule has 2 aliphatic rings. The first-order chi connectivity index (χ1) is 14.9. The Kier molecular flexibility index (Phi) is 5.99. The maximum Gasteiger partial charge on any atom is 0.289 e. The molecule has 0 radical (unpaired) electrons. The van der Waals surface area contributed by atoms with Crippen molar-refractivity contribution in [3.8, 4) is 0 Å². The molecule has 8 nitrogen and oxygen atoms in total. The molecule has 1 aromatic carbocycles. The first kappa shape index (κ1) is 21.4. The Labute approximate surface area is 193 Å². The third-order valence-corrected chi connectivity index (χ3v) is 6.01. The van der Waals surface area contributed by atoms with Crippen molar-refractivity contribution in [2.45, 2.75) is 0 Å². The summed E-state index contributed by atoms with van der Waals surface area (Å²) in [4.78, 5) is 42.6. The van der Waals surface area contributed by atoms with Gasteiger partial charge < -0.3 is 14.2 Å². The number of halogens is 2. The lowest BCUT2D eigenvalue weighted by atomic mass is 10.1. The Morgan fingerprint density at radius 1 is 1.10 bits per heavy atom. The molecule has 0 saturated carbocycles. The number of furan rings is 1. The molecule has 2 saturated heterocycles. The highest BCUT2D eigenvalue weighted by Gasteiger charge is 2.36. The van der Waals surface area contributed by atoms with Gasteiger partial charge in [-0.25, -0.2) is 0 Å². The molecule has 0 atom stereocenters. The minimum atomic E-state index is -0.605. The van der Waals surface area contributed by atoms with E-state index in [0.29, 0.717) is 26.2 Å². The van der Waals surface area contributed by atoms with Crippen LogP contribution in [0.15, 0.2) is 52.8 Å². The molecule has 2 fully saturated rings. The van der Waals surface area contributed by atoms with Crippen LogP contribution in [-0.2, 0) is 9.59 Å². The van der Waals surface area contributed by atoms with Crippen molar-refractivity contribution < 1.29 is 18.8 Å². The predicted molar refractivity (Wildman–Crippen MR) is 119 cm³/mol. The molecule has 0 aliphatic carbocycles. The number of rotatable bonds is 3. The van der Waals surface area contributed by atoms with Crippen LogP contribution < -0.4 is 10.2 Å². The maximum absolute atomic E-state index is 13.1. The van der Waals surface area contributed by atoms with Gasteiger partial charge >= 0.3 is 0 Å². The van der Waals surface area contributed by atoms with Crippen molar-refractivity contribution in [1.82, 2.24) is 15.1 Å². The van der Waals surface area contributed by atoms with Gasteiger partial charge in [-0.3, -0.25) is 24.6 Å². The molecule has 0 unspecified atom stereocenters. The SMILES string of the molecule is O=C1NC(=S)N(c2cccc(Cl)c2Cl)C(=O)/C1=C/N1CCN(C(=O)c2ccco2)CC1. The Bertz CT molecular complexity index is 1090. The predicted octanol–water partition coefficient (Wildman–Crippen LogP) is 2.68. The van der Waals surface area contributed by atoms with Gasteiger partial charge in [-0.15, -0.1) is 0 Å². The molecule has 1 aromatic heterocycles. The van der Waals surface area contributed by atoms with Crippen LogP contribution in [0.2, 0.25) is 10.0 Å². The molecule has 31 heavy (non-hydrogen) atoms. The molecule has 11 heteroatoms. The number of piperazine rings is 1. The summed E-state index contributed by atoms with van der Waals surface area (Å²) in [5.41, 5.74) is 0.194. The lowest BCUT2D eigenvalue weighted by Gasteiger charge is -2.35. The monoisotopic (exact) mass is 478 g/mol. The Hall–Kier alpha value is -2.88. The van der Waals surface area contributed by atoms with Crippen molar-refractivity contribution in [3.63, 3.8) is 0 Å². The maximum atomic E-state index is 13.1. The second-order valence-corrected chi connectivity index (χ2v) is 7.99. The minimum absolute atomic E-state index is 0.0785. The van der Waals surface area contributed by atoms with E-state index < -0.39 is 11.8 Å². The van der Waals surface area contributed by atoms with Crippen LogP contribution in [0.3, 0.4) is 0 Å². The van der Waals surface area contributed by atoms with E-state index >= 15 is 0 Å². The lowest BCUT2D eigenvalue weighted by molar-refractivity contribution is -0.122. The van der Waals surface area contributed by atoms with Gasteiger partial charge in [0.25, 0.3) is 17.7 Å². The average molecular weight is 479 g/mol. The summed E-state index contributed by atoms with van der Waals surface area (Å²) < 4.78 is 5.15. The quantitative estimate of drug-likeness (QED) is 0.414. The van der Waals surface area contributed by atoms with E-state index in [2.05, 4.69) is 5.32 Å². The van der Waals surface area contributed by atoms with E-state index in [-0.39, 0.29) is 38.1 Å². The van der Waals surface area contributed by atoms with Crippen LogP contribution in [0.1, 0.15) is 10.6 Å². The van der Waals surface area contributed by atoms with Crippen molar-refractivity contribution >= 4 is 63.9 Å². The Balaban J connectivity index is 1.51. The van der Waals surface area contributed by atoms with Gasteiger partial charge in [0, 0.05) is 32.4 Å². The van der Waals surface area contributed by atoms with E-state index in [4.69, 9.17) is 39.8 Å².